The summed E-state index contributed by atoms with van der Waals surface area (Å²) in [5.74, 6) is 1.14. The van der Waals surface area contributed by atoms with Gasteiger partial charge in [-0.3, -0.25) is 14.2 Å². The maximum absolute atomic E-state index is 13.2. The van der Waals surface area contributed by atoms with E-state index >= 15 is 0 Å². The third-order valence-corrected chi connectivity index (χ3v) is 14.8. The zero-order valence-corrected chi connectivity index (χ0v) is 52.1. The van der Waals surface area contributed by atoms with E-state index in [2.05, 4.69) is 54.8 Å². The van der Waals surface area contributed by atoms with E-state index < -0.39 is 32.0 Å². The van der Waals surface area contributed by atoms with Crippen molar-refractivity contribution in [3.63, 3.8) is 0 Å². The number of hydrogen-bond acceptors (Lipinski definition) is 14. The van der Waals surface area contributed by atoms with E-state index in [-0.39, 0.29) is 53.4 Å². The number of alkyl halides is 9. The minimum absolute atomic E-state index is 0. The molecular weight excluding hydrogens is 1280 g/mol. The number of rotatable bonds is 18. The molecule has 0 atom stereocenters. The highest BCUT2D eigenvalue weighted by atomic mass is 79.9. The minimum Gasteiger partial charge on any atom is -0.435 e. The molecule has 0 aliphatic carbocycles. The number of morpholine rings is 3. The van der Waals surface area contributed by atoms with Crippen LogP contribution in [-0.2, 0) is 52.1 Å². The molecule has 0 unspecified atom stereocenters. The van der Waals surface area contributed by atoms with E-state index in [4.69, 9.17) is 30.5 Å². The lowest BCUT2D eigenvalue weighted by molar-refractivity contribution is -0.0511. The lowest BCUT2D eigenvalue weighted by Gasteiger charge is -2.29. The lowest BCUT2D eigenvalue weighted by atomic mass is 10.1. The summed E-state index contributed by atoms with van der Waals surface area (Å²) in [6, 6.07) is 26.0. The highest BCUT2D eigenvalue weighted by molar-refractivity contribution is 9.10. The Bertz CT molecular complexity index is 3290. The lowest BCUT2D eigenvalue weighted by Crippen LogP contribution is -2.36. The molecule has 88 heavy (non-hydrogen) atoms. The smallest absolute Gasteiger partial charge is 0.387 e. The third-order valence-electron chi connectivity index (χ3n) is 14.1. The van der Waals surface area contributed by atoms with Gasteiger partial charge in [-0.05, 0) is 128 Å². The van der Waals surface area contributed by atoms with Crippen molar-refractivity contribution in [3.05, 3.63) is 146 Å². The van der Waals surface area contributed by atoms with Crippen LogP contribution in [0.15, 0.2) is 113 Å². The number of aliphatic hydroxyl groups is 1. The first kappa shape index (κ1) is 70.5. The molecule has 0 radical (unpaired) electrons. The summed E-state index contributed by atoms with van der Waals surface area (Å²) in [4.78, 5) is 28.0. The number of anilines is 3. The third kappa shape index (κ3) is 19.9. The molecule has 3 fully saturated rings. The predicted molar refractivity (Wildman–Crippen MR) is 327 cm³/mol. The molecule has 3 saturated heterocycles. The van der Waals surface area contributed by atoms with E-state index in [9.17, 15) is 45.0 Å². The average Bonchev–Trinajstić information content (AvgIpc) is 1.80. The molecule has 3 aliphatic rings. The van der Waals surface area contributed by atoms with Crippen LogP contribution in [0.2, 0.25) is 0 Å². The van der Waals surface area contributed by atoms with Gasteiger partial charge in [0.05, 0.1) is 63.0 Å². The van der Waals surface area contributed by atoms with E-state index in [1.165, 1.54) is 16.8 Å². The fourth-order valence-corrected chi connectivity index (χ4v) is 10.2. The van der Waals surface area contributed by atoms with Crippen molar-refractivity contribution in [1.29, 1.82) is 0 Å². The van der Waals surface area contributed by atoms with Crippen molar-refractivity contribution in [2.45, 2.75) is 85.0 Å². The quantitative estimate of drug-likeness (QED) is 0.0642. The Kier molecular flexibility index (Phi) is 27.1. The molecule has 0 amide bonds. The molecule has 0 saturated carbocycles. The molecule has 10 rings (SSSR count). The van der Waals surface area contributed by atoms with Crippen molar-refractivity contribution >= 4 is 67.9 Å². The first-order valence-electron chi connectivity index (χ1n) is 27.9. The molecular formula is C61H70BrCl2F8N7O9. The Labute approximate surface area is 524 Å². The molecule has 5 heterocycles. The summed E-state index contributed by atoms with van der Waals surface area (Å²) in [5.41, 5.74) is 6.26. The zero-order valence-electron chi connectivity index (χ0n) is 49.0. The van der Waals surface area contributed by atoms with Crippen LogP contribution in [0, 0.1) is 0 Å². The molecule has 27 heteroatoms. The Hall–Kier alpha value is -6.61. The fraction of sp³-hybridized carbons (Fsp3) is 0.426. The molecule has 3 aliphatic heterocycles. The summed E-state index contributed by atoms with van der Waals surface area (Å²) in [7, 11) is 1.64. The SMILES string of the molecule is CCc1cc(Br)ccc1OC(F)F.CCc1cc(N2CCOCC2)ccc1OC(F)F.Cl.Cn1c(=O)c2ccc(-c3cnc(C(C)(C)O)nc3)cc2n1Cc1cc(N2CCOCC2)ccc1OC(F)F.FC(F)Oc1ccc(N2CCOCC2)cc1CCl. The van der Waals surface area contributed by atoms with Gasteiger partial charge in [-0.1, -0.05) is 35.8 Å². The minimum atomic E-state index is -2.98. The number of halogens is 11. The predicted octanol–water partition coefficient (Wildman–Crippen LogP) is 13.1. The topological polar surface area (TPSA) is 147 Å². The Balaban J connectivity index is 0.000000207. The van der Waals surface area contributed by atoms with Gasteiger partial charge in [0.2, 0.25) is 0 Å². The molecule has 1 N–H and O–H groups in total. The summed E-state index contributed by atoms with van der Waals surface area (Å²) < 4.78 is 137. The number of ether oxygens (including phenoxy) is 7. The second-order valence-corrected chi connectivity index (χ2v) is 21.4. The van der Waals surface area contributed by atoms with E-state index in [0.717, 1.165) is 64.4 Å². The van der Waals surface area contributed by atoms with Crippen molar-refractivity contribution < 1.29 is 73.4 Å². The second kappa shape index (κ2) is 33.8. The van der Waals surface area contributed by atoms with Crippen LogP contribution >= 0.6 is 39.9 Å². The molecule has 480 valence electrons. The molecule has 16 nitrogen and oxygen atoms in total. The largest absolute Gasteiger partial charge is 0.435 e. The highest BCUT2D eigenvalue weighted by Crippen LogP contribution is 2.33. The normalized spacial score (nSPS) is 14.4. The summed E-state index contributed by atoms with van der Waals surface area (Å²) in [6.45, 7) is 4.37. The monoisotopic (exact) mass is 1350 g/mol. The summed E-state index contributed by atoms with van der Waals surface area (Å²) >= 11 is 9.02. The highest BCUT2D eigenvalue weighted by Gasteiger charge is 2.23. The first-order chi connectivity index (χ1) is 41.6. The standard InChI is InChI=1S/C27H29F2N5O4.C13H17F2NO2.C12H14ClF2NO2.C9H9BrF2O.ClH/c1-27(2,36)25-30-14-19(15-31-25)17-4-6-21-22(13-17)34(32(3)24(21)35)16-18-12-20(33-8-10-37-11-9-33)5-7-23(18)38-26(28)29;1-2-10-9-11(16-5-7-17-8-6-16)3-4-12(10)18-13(14)15;13-8-9-7-10(16-3-5-17-6-4-16)1-2-11(9)18-12(14)15;1-2-6-5-7(10)3-4-8(6)13-9(11)12;/h4-7,12-15,26,36H,8-11,16H2,1-3H3;3-4,9,13H,2,5-8H2,1H3;1-2,7,12H,3-6,8H2;3-5,9H,2H2,1H3;1H. The zero-order chi connectivity index (χ0) is 62.8. The van der Waals surface area contributed by atoms with Gasteiger partial charge in [-0.15, -0.1) is 24.0 Å². The van der Waals surface area contributed by atoms with Gasteiger partial charge in [0.1, 0.15) is 28.6 Å². The molecule has 7 aromatic rings. The molecule has 2 aromatic heterocycles. The van der Waals surface area contributed by atoms with Crippen molar-refractivity contribution in [1.82, 2.24) is 19.3 Å². The Morgan fingerprint density at radius 3 is 1.36 bits per heavy atom. The number of aryl methyl sites for hydroxylation is 2. The first-order valence-corrected chi connectivity index (χ1v) is 29.2. The van der Waals surface area contributed by atoms with E-state index in [0.29, 0.717) is 99.0 Å². The van der Waals surface area contributed by atoms with Crippen LogP contribution in [0.4, 0.5) is 52.2 Å². The summed E-state index contributed by atoms with van der Waals surface area (Å²) in [6.07, 6.45) is 4.57. The summed E-state index contributed by atoms with van der Waals surface area (Å²) in [5, 5.41) is 10.6. The Morgan fingerprint density at radius 2 is 0.955 bits per heavy atom. The van der Waals surface area contributed by atoms with Gasteiger partial charge in [-0.2, -0.15) is 35.1 Å². The number of benzene rings is 5. The van der Waals surface area contributed by atoms with Gasteiger partial charge < -0.3 is 53.0 Å². The number of hydrogen-bond donors (Lipinski definition) is 1. The fourth-order valence-electron chi connectivity index (χ4n) is 9.62. The van der Waals surface area contributed by atoms with Crippen LogP contribution in [0.25, 0.3) is 22.0 Å². The average molecular weight is 1350 g/mol. The molecule has 5 aromatic carbocycles. The van der Waals surface area contributed by atoms with Crippen LogP contribution in [0.5, 0.6) is 23.0 Å². The van der Waals surface area contributed by atoms with Gasteiger partial charge in [0, 0.05) is 96.9 Å². The van der Waals surface area contributed by atoms with Crippen LogP contribution in [0.3, 0.4) is 0 Å². The second-order valence-electron chi connectivity index (χ2n) is 20.3. The van der Waals surface area contributed by atoms with E-state index in [1.807, 2.05) is 38.1 Å². The van der Waals surface area contributed by atoms with Crippen molar-refractivity contribution in [3.8, 4) is 34.1 Å². The number of aromatic nitrogens is 4. The number of nitrogens with zero attached hydrogens (tertiary/aromatic N) is 7. The van der Waals surface area contributed by atoms with Crippen molar-refractivity contribution in [2.24, 2.45) is 7.05 Å². The molecule has 0 spiro atoms. The maximum Gasteiger partial charge on any atom is 0.387 e. The van der Waals surface area contributed by atoms with Crippen LogP contribution in [0.1, 0.15) is 55.8 Å². The van der Waals surface area contributed by atoms with E-state index in [1.54, 1.807) is 92.6 Å². The van der Waals surface area contributed by atoms with Crippen molar-refractivity contribution in [2.75, 3.05) is 93.6 Å². The van der Waals surface area contributed by atoms with Gasteiger partial charge in [0.15, 0.2) is 5.82 Å². The van der Waals surface area contributed by atoms with Crippen LogP contribution in [-0.4, -0.2) is 130 Å². The number of fused-ring (bicyclic) bond motifs is 1. The van der Waals surface area contributed by atoms with Crippen LogP contribution < -0.4 is 39.2 Å². The molecule has 0 bridgehead atoms. The van der Waals surface area contributed by atoms with Gasteiger partial charge in [-0.25, -0.2) is 9.97 Å². The Morgan fingerprint density at radius 1 is 0.568 bits per heavy atom. The maximum atomic E-state index is 13.2. The van der Waals surface area contributed by atoms with Gasteiger partial charge in [0.25, 0.3) is 5.56 Å². The van der Waals surface area contributed by atoms with Gasteiger partial charge >= 0.3 is 26.4 Å².